The predicted octanol–water partition coefficient (Wildman–Crippen LogP) is 1.83. The Balaban J connectivity index is 1.84. The monoisotopic (exact) mass is 361 g/mol. The van der Waals surface area contributed by atoms with Gasteiger partial charge < -0.3 is 9.84 Å². The Morgan fingerprint density at radius 2 is 2.16 bits per heavy atom. The molecule has 0 amide bonds. The zero-order valence-corrected chi connectivity index (χ0v) is 13.9. The lowest BCUT2D eigenvalue weighted by molar-refractivity contribution is -0.384. The fourth-order valence-corrected chi connectivity index (χ4v) is 4.14. The summed E-state index contributed by atoms with van der Waals surface area (Å²) < 4.78 is 6.80. The summed E-state index contributed by atoms with van der Waals surface area (Å²) in [5.74, 6) is 0.0143. The van der Waals surface area contributed by atoms with Crippen LogP contribution in [-0.4, -0.2) is 55.8 Å². The van der Waals surface area contributed by atoms with E-state index >= 15 is 0 Å². The van der Waals surface area contributed by atoms with Crippen LogP contribution in [0.25, 0.3) is 4.96 Å². The molecule has 1 aliphatic rings. The summed E-state index contributed by atoms with van der Waals surface area (Å²) in [6, 6.07) is 6.19. The fraction of sp³-hybridized carbons (Fsp3) is 0.333. The SMILES string of the molecule is O=[N+]([O-])c1cccc(C(c2sc3ncnn3c2O)N2CCOCC2)c1. The maximum Gasteiger partial charge on any atom is 0.269 e. The summed E-state index contributed by atoms with van der Waals surface area (Å²) in [4.78, 5) is 18.3. The maximum atomic E-state index is 11.2. The summed E-state index contributed by atoms with van der Waals surface area (Å²) in [5, 5.41) is 25.8. The molecule has 1 unspecified atom stereocenters. The molecular formula is C15H15N5O4S. The van der Waals surface area contributed by atoms with Gasteiger partial charge in [-0.1, -0.05) is 23.5 Å². The van der Waals surface area contributed by atoms with Crippen LogP contribution in [0.5, 0.6) is 5.88 Å². The number of nitrogens with zero attached hydrogens (tertiary/aromatic N) is 5. The van der Waals surface area contributed by atoms with Gasteiger partial charge in [0.15, 0.2) is 0 Å². The molecule has 1 atom stereocenters. The van der Waals surface area contributed by atoms with Gasteiger partial charge in [-0.3, -0.25) is 15.0 Å². The van der Waals surface area contributed by atoms with Crippen molar-refractivity contribution in [2.75, 3.05) is 26.3 Å². The van der Waals surface area contributed by atoms with Crippen molar-refractivity contribution < 1.29 is 14.8 Å². The first kappa shape index (κ1) is 15.9. The highest BCUT2D eigenvalue weighted by Gasteiger charge is 2.31. The van der Waals surface area contributed by atoms with E-state index in [1.165, 1.54) is 28.2 Å². The molecule has 0 saturated carbocycles. The molecule has 130 valence electrons. The van der Waals surface area contributed by atoms with Crippen molar-refractivity contribution in [3.63, 3.8) is 0 Å². The van der Waals surface area contributed by atoms with Gasteiger partial charge in [0.2, 0.25) is 10.8 Å². The van der Waals surface area contributed by atoms with Crippen LogP contribution < -0.4 is 0 Å². The van der Waals surface area contributed by atoms with Gasteiger partial charge in [-0.25, -0.2) is 4.98 Å². The normalized spacial score (nSPS) is 17.0. The minimum Gasteiger partial charge on any atom is -0.492 e. The summed E-state index contributed by atoms with van der Waals surface area (Å²) in [7, 11) is 0. The van der Waals surface area contributed by atoms with E-state index in [9.17, 15) is 15.2 Å². The van der Waals surface area contributed by atoms with Gasteiger partial charge in [-0.05, 0) is 5.56 Å². The lowest BCUT2D eigenvalue weighted by Crippen LogP contribution is -2.39. The molecule has 0 bridgehead atoms. The Morgan fingerprint density at radius 1 is 1.36 bits per heavy atom. The second-order valence-corrected chi connectivity index (χ2v) is 6.66. The number of benzene rings is 1. The number of aromatic hydroxyl groups is 1. The smallest absolute Gasteiger partial charge is 0.269 e. The Bertz CT molecular complexity index is 918. The lowest BCUT2D eigenvalue weighted by Gasteiger charge is -2.34. The zero-order chi connectivity index (χ0) is 17.4. The van der Waals surface area contributed by atoms with Gasteiger partial charge in [-0.15, -0.1) is 0 Å². The third-order valence-corrected chi connectivity index (χ3v) is 5.28. The molecule has 0 aliphatic carbocycles. The molecule has 0 spiro atoms. The van der Waals surface area contributed by atoms with E-state index in [1.807, 2.05) is 6.07 Å². The fourth-order valence-electron chi connectivity index (χ4n) is 3.04. The second kappa shape index (κ2) is 6.39. The number of thiazole rings is 1. The lowest BCUT2D eigenvalue weighted by atomic mass is 10.0. The van der Waals surface area contributed by atoms with E-state index in [-0.39, 0.29) is 17.6 Å². The summed E-state index contributed by atoms with van der Waals surface area (Å²) >= 11 is 1.33. The number of non-ortho nitro benzene ring substituents is 1. The average molecular weight is 361 g/mol. The van der Waals surface area contributed by atoms with Crippen molar-refractivity contribution in [3.05, 3.63) is 51.1 Å². The van der Waals surface area contributed by atoms with E-state index < -0.39 is 4.92 Å². The molecule has 1 saturated heterocycles. The van der Waals surface area contributed by atoms with Crippen LogP contribution >= 0.6 is 11.3 Å². The van der Waals surface area contributed by atoms with Crippen molar-refractivity contribution >= 4 is 22.0 Å². The number of aromatic nitrogens is 3. The Kier molecular flexibility index (Phi) is 4.07. The minimum absolute atomic E-state index is 0.0143. The Hall–Kier alpha value is -2.56. The van der Waals surface area contributed by atoms with Crippen molar-refractivity contribution in [1.82, 2.24) is 19.5 Å². The standard InChI is InChI=1S/C15H15N5O4S/c21-14-13(25-15-16-9-17-19(14)15)12(18-4-6-24-7-5-18)10-2-1-3-11(8-10)20(22)23/h1-3,8-9,12,21H,4-7H2. The number of morpholine rings is 1. The number of nitro benzene ring substituents is 1. The van der Waals surface area contributed by atoms with E-state index in [0.717, 1.165) is 5.56 Å². The molecule has 4 rings (SSSR count). The van der Waals surface area contributed by atoms with Crippen LogP contribution in [0.15, 0.2) is 30.6 Å². The molecule has 1 aliphatic heterocycles. The molecule has 1 fully saturated rings. The number of hydrogen-bond donors (Lipinski definition) is 1. The Morgan fingerprint density at radius 3 is 2.88 bits per heavy atom. The highest BCUT2D eigenvalue weighted by molar-refractivity contribution is 7.17. The molecule has 25 heavy (non-hydrogen) atoms. The average Bonchev–Trinajstić information content (AvgIpc) is 3.20. The van der Waals surface area contributed by atoms with Crippen LogP contribution in [0.3, 0.4) is 0 Å². The van der Waals surface area contributed by atoms with Crippen LogP contribution in [0.1, 0.15) is 16.5 Å². The topological polar surface area (TPSA) is 106 Å². The highest BCUT2D eigenvalue weighted by Crippen LogP contribution is 2.40. The summed E-state index contributed by atoms with van der Waals surface area (Å²) in [6.07, 6.45) is 1.38. The maximum absolute atomic E-state index is 11.2. The largest absolute Gasteiger partial charge is 0.492 e. The molecule has 3 aromatic rings. The molecule has 3 heterocycles. The minimum atomic E-state index is -0.414. The van der Waals surface area contributed by atoms with Gasteiger partial charge in [0.05, 0.1) is 29.1 Å². The highest BCUT2D eigenvalue weighted by atomic mass is 32.1. The van der Waals surface area contributed by atoms with E-state index in [1.54, 1.807) is 12.1 Å². The van der Waals surface area contributed by atoms with Gasteiger partial charge in [-0.2, -0.15) is 9.61 Å². The van der Waals surface area contributed by atoms with Crippen molar-refractivity contribution in [2.45, 2.75) is 6.04 Å². The number of fused-ring (bicyclic) bond motifs is 1. The van der Waals surface area contributed by atoms with E-state index in [2.05, 4.69) is 15.0 Å². The molecule has 0 radical (unpaired) electrons. The zero-order valence-electron chi connectivity index (χ0n) is 13.1. The van der Waals surface area contributed by atoms with E-state index in [0.29, 0.717) is 36.1 Å². The van der Waals surface area contributed by atoms with Crippen LogP contribution in [0.4, 0.5) is 5.69 Å². The van der Waals surface area contributed by atoms with Crippen LogP contribution in [-0.2, 0) is 4.74 Å². The van der Waals surface area contributed by atoms with E-state index in [4.69, 9.17) is 4.74 Å². The number of nitro groups is 1. The number of hydrogen-bond acceptors (Lipinski definition) is 8. The third kappa shape index (κ3) is 2.84. The predicted molar refractivity (Wildman–Crippen MR) is 89.9 cm³/mol. The van der Waals surface area contributed by atoms with Gasteiger partial charge in [0, 0.05) is 25.2 Å². The molecule has 9 nitrogen and oxygen atoms in total. The first-order valence-electron chi connectivity index (χ1n) is 7.72. The van der Waals surface area contributed by atoms with Crippen LogP contribution in [0, 0.1) is 10.1 Å². The number of ether oxygens (including phenoxy) is 1. The second-order valence-electron chi connectivity index (χ2n) is 5.65. The van der Waals surface area contributed by atoms with Gasteiger partial charge in [0.25, 0.3) is 5.69 Å². The van der Waals surface area contributed by atoms with Crippen molar-refractivity contribution in [2.24, 2.45) is 0 Å². The molecule has 10 heteroatoms. The first-order valence-corrected chi connectivity index (χ1v) is 8.54. The molecule has 1 N–H and O–H groups in total. The third-order valence-electron chi connectivity index (χ3n) is 4.19. The number of rotatable bonds is 4. The molecule has 2 aromatic heterocycles. The molecular weight excluding hydrogens is 346 g/mol. The summed E-state index contributed by atoms with van der Waals surface area (Å²) in [5.41, 5.74) is 0.769. The Labute approximate surface area is 146 Å². The van der Waals surface area contributed by atoms with Crippen molar-refractivity contribution in [3.8, 4) is 5.88 Å². The summed E-state index contributed by atoms with van der Waals surface area (Å²) in [6.45, 7) is 2.49. The van der Waals surface area contributed by atoms with Crippen molar-refractivity contribution in [1.29, 1.82) is 0 Å². The first-order chi connectivity index (χ1) is 12.1. The quantitative estimate of drug-likeness (QED) is 0.558. The van der Waals surface area contributed by atoms with Crippen LogP contribution in [0.2, 0.25) is 0 Å². The molecule has 1 aromatic carbocycles. The van der Waals surface area contributed by atoms with Gasteiger partial charge in [0.1, 0.15) is 6.33 Å². The van der Waals surface area contributed by atoms with Gasteiger partial charge >= 0.3 is 0 Å².